The molecule has 1 unspecified atom stereocenters. The minimum absolute atomic E-state index is 0.235. The van der Waals surface area contributed by atoms with E-state index in [9.17, 15) is 4.79 Å². The van der Waals surface area contributed by atoms with Crippen LogP contribution in [0.15, 0.2) is 29.3 Å². The number of halogens is 2. The average molecular weight is 621 g/mol. The lowest BCUT2D eigenvalue weighted by Gasteiger charge is -2.08. The highest BCUT2D eigenvalue weighted by molar-refractivity contribution is 6.42. The minimum Gasteiger partial charge on any atom is -0.440 e. The van der Waals surface area contributed by atoms with Gasteiger partial charge in [0.1, 0.15) is 0 Å². The van der Waals surface area contributed by atoms with Crippen molar-refractivity contribution in [2.45, 2.75) is 129 Å². The zero-order chi connectivity index (χ0) is 30.0. The molecule has 0 aliphatic carbocycles. The molecule has 1 aromatic carbocycles. The van der Waals surface area contributed by atoms with Crippen LogP contribution in [0.4, 0.5) is 0 Å². The number of ether oxygens (including phenoxy) is 2. The molecule has 3 aromatic rings. The van der Waals surface area contributed by atoms with E-state index < -0.39 is 6.23 Å². The van der Waals surface area contributed by atoms with Gasteiger partial charge in [0.25, 0.3) is 0 Å². The fourth-order valence-electron chi connectivity index (χ4n) is 4.91. The van der Waals surface area contributed by atoms with Gasteiger partial charge >= 0.3 is 5.97 Å². The molecule has 0 amide bonds. The number of nitrogens with zero attached hydrogens (tertiary/aromatic N) is 4. The van der Waals surface area contributed by atoms with Crippen molar-refractivity contribution in [2.24, 2.45) is 4.99 Å². The number of fused-ring (bicyclic) bond motifs is 1. The highest BCUT2D eigenvalue weighted by atomic mass is 35.5. The molecule has 0 aliphatic rings. The van der Waals surface area contributed by atoms with Crippen LogP contribution in [0.3, 0.4) is 0 Å². The van der Waals surface area contributed by atoms with Gasteiger partial charge in [0.05, 0.1) is 10.0 Å². The number of carbonyl (C=O) groups excluding carboxylic acids is 1. The summed E-state index contributed by atoms with van der Waals surface area (Å²) in [5.41, 5.74) is 1.32. The molecule has 2 aromatic heterocycles. The van der Waals surface area contributed by atoms with Crippen molar-refractivity contribution in [1.29, 1.82) is 0 Å². The number of aliphatic imine (C=N–C) groups is 1. The number of rotatable bonds is 22. The van der Waals surface area contributed by atoms with E-state index >= 15 is 0 Å². The third-order valence-corrected chi connectivity index (χ3v) is 8.07. The fourth-order valence-corrected chi connectivity index (χ4v) is 5.21. The molecule has 232 valence electrons. The Bertz CT molecular complexity index is 1230. The fraction of sp³-hybridized carbons (Fsp3) is 0.625. The number of esters is 1. The van der Waals surface area contributed by atoms with Crippen LogP contribution in [-0.4, -0.2) is 38.4 Å². The molecule has 1 N–H and O–H groups in total. The van der Waals surface area contributed by atoms with Gasteiger partial charge < -0.3 is 9.47 Å². The second kappa shape index (κ2) is 19.6. The molecule has 0 spiro atoms. The number of unbranched alkanes of at least 4 members (excludes halogenated alkanes) is 15. The number of aromatic amines is 1. The molecule has 0 radical (unpaired) electrons. The number of benzene rings is 1. The summed E-state index contributed by atoms with van der Waals surface area (Å²) in [6.45, 7) is 3.98. The zero-order valence-corrected chi connectivity index (χ0v) is 26.8. The van der Waals surface area contributed by atoms with Crippen LogP contribution in [0.1, 0.15) is 123 Å². The highest BCUT2D eigenvalue weighted by Gasteiger charge is 2.13. The smallest absolute Gasteiger partial charge is 0.307 e. The molecule has 0 bridgehead atoms. The van der Waals surface area contributed by atoms with Crippen molar-refractivity contribution in [2.75, 3.05) is 0 Å². The van der Waals surface area contributed by atoms with E-state index in [1.165, 1.54) is 96.3 Å². The van der Waals surface area contributed by atoms with Gasteiger partial charge in [0.2, 0.25) is 5.88 Å². The van der Waals surface area contributed by atoms with Crippen LogP contribution in [0.5, 0.6) is 5.88 Å². The number of carbonyl (C=O) groups is 1. The Labute approximate surface area is 260 Å². The molecule has 0 aliphatic heterocycles. The zero-order valence-electron chi connectivity index (χ0n) is 25.3. The Morgan fingerprint density at radius 2 is 1.48 bits per heavy atom. The summed E-state index contributed by atoms with van der Waals surface area (Å²) in [5.74, 6) is 0.740. The van der Waals surface area contributed by atoms with E-state index in [4.69, 9.17) is 32.7 Å². The maximum atomic E-state index is 12.2. The topological polar surface area (TPSA) is 93.9 Å². The number of hydrogen-bond acceptors (Lipinski definition) is 6. The molecule has 42 heavy (non-hydrogen) atoms. The molecular weight excluding hydrogens is 573 g/mol. The average Bonchev–Trinajstić information content (AvgIpc) is 3.55. The molecule has 1 atom stereocenters. The van der Waals surface area contributed by atoms with Crippen molar-refractivity contribution in [3.63, 3.8) is 0 Å². The maximum absolute atomic E-state index is 12.2. The van der Waals surface area contributed by atoms with Crippen molar-refractivity contribution < 1.29 is 14.3 Å². The van der Waals surface area contributed by atoms with Crippen LogP contribution in [0.2, 0.25) is 10.0 Å². The first kappa shape index (κ1) is 33.9. The monoisotopic (exact) mass is 619 g/mol. The van der Waals surface area contributed by atoms with Gasteiger partial charge in [-0.15, -0.1) is 10.2 Å². The van der Waals surface area contributed by atoms with Crippen molar-refractivity contribution in [1.82, 2.24) is 19.8 Å². The summed E-state index contributed by atoms with van der Waals surface area (Å²) in [6, 6.07) is 6.92. The van der Waals surface area contributed by atoms with E-state index in [1.807, 2.05) is 6.07 Å². The quantitative estimate of drug-likeness (QED) is 0.0522. The molecule has 0 saturated carbocycles. The van der Waals surface area contributed by atoms with Crippen LogP contribution in [0, 0.1) is 0 Å². The summed E-state index contributed by atoms with van der Waals surface area (Å²) in [5, 5.41) is 12.3. The Balaban J connectivity index is 1.20. The predicted molar refractivity (Wildman–Crippen MR) is 172 cm³/mol. The Kier molecular flexibility index (Phi) is 15.8. The van der Waals surface area contributed by atoms with Gasteiger partial charge in [-0.2, -0.15) is 0 Å². The van der Waals surface area contributed by atoms with Crippen molar-refractivity contribution in [3.8, 4) is 17.3 Å². The Morgan fingerprint density at radius 3 is 2.07 bits per heavy atom. The van der Waals surface area contributed by atoms with Gasteiger partial charge in [-0.05, 0) is 31.5 Å². The summed E-state index contributed by atoms with van der Waals surface area (Å²) < 4.78 is 12.6. The minimum atomic E-state index is -0.633. The highest BCUT2D eigenvalue weighted by Crippen LogP contribution is 2.28. The van der Waals surface area contributed by atoms with Gasteiger partial charge in [-0.25, -0.2) is 9.51 Å². The molecule has 2 heterocycles. The first-order valence-corrected chi connectivity index (χ1v) is 16.5. The second-order valence-corrected chi connectivity index (χ2v) is 11.8. The van der Waals surface area contributed by atoms with Crippen LogP contribution in [0.25, 0.3) is 17.0 Å². The van der Waals surface area contributed by atoms with E-state index in [0.29, 0.717) is 33.8 Å². The van der Waals surface area contributed by atoms with Crippen LogP contribution >= 0.6 is 23.2 Å². The summed E-state index contributed by atoms with van der Waals surface area (Å²) in [6.07, 6.45) is 21.9. The van der Waals surface area contributed by atoms with Crippen LogP contribution in [-0.2, 0) is 9.53 Å². The molecule has 3 rings (SSSR count). The van der Waals surface area contributed by atoms with E-state index in [0.717, 1.165) is 18.4 Å². The van der Waals surface area contributed by atoms with Gasteiger partial charge in [-0.3, -0.25) is 9.89 Å². The summed E-state index contributed by atoms with van der Waals surface area (Å²) >= 11 is 12.1. The standard InChI is InChI=1S/C32H47Cl2N5O3/c1-3-4-5-6-7-8-9-10-11-12-13-14-15-16-17-18-19-31(40)42-25(2)35-24-41-30-23-29-36-37-32(39(29)38-30)26-20-21-27(33)28(34)22-26/h20-25,38H,3-19H2,1-2H3. The van der Waals surface area contributed by atoms with E-state index in [2.05, 4.69) is 27.2 Å². The third-order valence-electron chi connectivity index (χ3n) is 7.33. The Hall–Kier alpha value is -2.58. The summed E-state index contributed by atoms with van der Waals surface area (Å²) in [7, 11) is 0. The predicted octanol–water partition coefficient (Wildman–Crippen LogP) is 9.98. The first-order valence-electron chi connectivity index (χ1n) is 15.7. The largest absolute Gasteiger partial charge is 0.440 e. The van der Waals surface area contributed by atoms with Gasteiger partial charge in [0, 0.05) is 18.1 Å². The summed E-state index contributed by atoms with van der Waals surface area (Å²) in [4.78, 5) is 16.3. The lowest BCUT2D eigenvalue weighted by Crippen LogP contribution is -2.13. The van der Waals surface area contributed by atoms with Crippen LogP contribution < -0.4 is 4.74 Å². The van der Waals surface area contributed by atoms with Crippen molar-refractivity contribution in [3.05, 3.63) is 34.3 Å². The van der Waals surface area contributed by atoms with Gasteiger partial charge in [-0.1, -0.05) is 126 Å². The lowest BCUT2D eigenvalue weighted by molar-refractivity contribution is -0.147. The number of H-pyrrole nitrogens is 1. The van der Waals surface area contributed by atoms with E-state index in [1.54, 1.807) is 29.6 Å². The first-order chi connectivity index (χ1) is 20.5. The third kappa shape index (κ3) is 12.3. The maximum Gasteiger partial charge on any atom is 0.307 e. The number of hydrogen-bond donors (Lipinski definition) is 1. The van der Waals surface area contributed by atoms with Crippen molar-refractivity contribution >= 4 is 41.2 Å². The molecule has 0 saturated heterocycles. The number of nitrogens with one attached hydrogen (secondary N) is 1. The lowest BCUT2D eigenvalue weighted by atomic mass is 10.0. The normalized spacial score (nSPS) is 12.4. The van der Waals surface area contributed by atoms with Gasteiger partial charge in [0.15, 0.2) is 24.1 Å². The Morgan fingerprint density at radius 1 is 0.881 bits per heavy atom. The molecular formula is C32H47Cl2N5O3. The molecule has 0 fully saturated rings. The van der Waals surface area contributed by atoms with E-state index in [-0.39, 0.29) is 5.97 Å². The molecule has 10 heteroatoms. The molecule has 8 nitrogen and oxygen atoms in total. The number of aromatic nitrogens is 4. The SMILES string of the molecule is CCCCCCCCCCCCCCCCCCC(=O)OC(C)N=COc1cc2nnc(-c3ccc(Cl)c(Cl)c3)n2[nH]1. The second-order valence-electron chi connectivity index (χ2n) is 11.0.